The molecule has 0 aliphatic rings. The number of aromatic nitrogens is 1. The van der Waals surface area contributed by atoms with E-state index >= 15 is 0 Å². The molecule has 0 saturated heterocycles. The average molecular weight is 277 g/mol. The first-order valence-corrected chi connectivity index (χ1v) is 6.62. The zero-order chi connectivity index (χ0) is 12.5. The lowest BCUT2D eigenvalue weighted by Crippen LogP contribution is -1.89. The molecule has 0 saturated carbocycles. The van der Waals surface area contributed by atoms with E-state index in [1.807, 2.05) is 41.1 Å². The summed E-state index contributed by atoms with van der Waals surface area (Å²) in [6, 6.07) is 9.47. The molecule has 3 nitrogen and oxygen atoms in total. The fraction of sp³-hybridized carbons (Fsp3) is 0. The second-order valence-electron chi connectivity index (χ2n) is 3.76. The number of hydrogen-bond acceptors (Lipinski definition) is 4. The molecule has 90 valence electrons. The molecule has 0 bridgehead atoms. The molecule has 0 aliphatic heterocycles. The van der Waals surface area contributed by atoms with Crippen molar-refractivity contribution in [2.24, 2.45) is 0 Å². The number of nitrogens with two attached hydrogens (primary N) is 1. The zero-order valence-corrected chi connectivity index (χ0v) is 10.8. The highest BCUT2D eigenvalue weighted by atomic mass is 35.5. The van der Waals surface area contributed by atoms with Crippen molar-refractivity contribution in [2.45, 2.75) is 0 Å². The van der Waals surface area contributed by atoms with Crippen LogP contribution in [0.2, 0.25) is 5.02 Å². The summed E-state index contributed by atoms with van der Waals surface area (Å²) in [6.45, 7) is 0. The van der Waals surface area contributed by atoms with E-state index in [0.29, 0.717) is 16.6 Å². The van der Waals surface area contributed by atoms with Gasteiger partial charge in [-0.2, -0.15) is 11.3 Å². The van der Waals surface area contributed by atoms with Crippen molar-refractivity contribution < 1.29 is 4.52 Å². The van der Waals surface area contributed by atoms with Crippen LogP contribution in [0.15, 0.2) is 45.6 Å². The zero-order valence-electron chi connectivity index (χ0n) is 9.26. The molecule has 0 radical (unpaired) electrons. The van der Waals surface area contributed by atoms with E-state index in [2.05, 4.69) is 5.16 Å². The van der Waals surface area contributed by atoms with E-state index in [4.69, 9.17) is 21.9 Å². The second kappa shape index (κ2) is 4.48. The highest BCUT2D eigenvalue weighted by molar-refractivity contribution is 7.08. The maximum Gasteiger partial charge on any atom is 0.177 e. The van der Waals surface area contributed by atoms with Gasteiger partial charge in [-0.25, -0.2) is 0 Å². The predicted molar refractivity (Wildman–Crippen MR) is 74.7 cm³/mol. The third kappa shape index (κ3) is 1.79. The first kappa shape index (κ1) is 11.3. The fourth-order valence-electron chi connectivity index (χ4n) is 1.82. The lowest BCUT2D eigenvalue weighted by atomic mass is 10.0. The quantitative estimate of drug-likeness (QED) is 0.759. The Morgan fingerprint density at radius 2 is 2.06 bits per heavy atom. The van der Waals surface area contributed by atoms with Crippen molar-refractivity contribution in [3.8, 4) is 22.5 Å². The van der Waals surface area contributed by atoms with Crippen molar-refractivity contribution >= 4 is 28.8 Å². The van der Waals surface area contributed by atoms with Crippen molar-refractivity contribution in [1.82, 2.24) is 5.16 Å². The van der Waals surface area contributed by atoms with Gasteiger partial charge in [0.2, 0.25) is 0 Å². The molecule has 0 atom stereocenters. The molecule has 0 spiro atoms. The van der Waals surface area contributed by atoms with Gasteiger partial charge in [-0.1, -0.05) is 35.0 Å². The average Bonchev–Trinajstić information content (AvgIpc) is 2.99. The highest BCUT2D eigenvalue weighted by Gasteiger charge is 2.19. The SMILES string of the molecule is Nc1noc(-c2ccsc2)c1-c1ccccc1Cl. The van der Waals surface area contributed by atoms with Crippen LogP contribution >= 0.6 is 22.9 Å². The van der Waals surface area contributed by atoms with Crippen molar-refractivity contribution in [3.05, 3.63) is 46.1 Å². The third-order valence-electron chi connectivity index (χ3n) is 2.65. The molecule has 0 fully saturated rings. The maximum absolute atomic E-state index is 6.20. The predicted octanol–water partition coefficient (Wildman–Crippen LogP) is 4.31. The normalized spacial score (nSPS) is 10.7. The molecule has 0 aliphatic carbocycles. The summed E-state index contributed by atoms with van der Waals surface area (Å²) < 4.78 is 5.32. The number of thiophene rings is 1. The van der Waals surface area contributed by atoms with E-state index in [1.54, 1.807) is 11.3 Å². The molecule has 2 aromatic heterocycles. The van der Waals surface area contributed by atoms with Gasteiger partial charge in [-0.05, 0) is 17.5 Å². The number of benzene rings is 1. The maximum atomic E-state index is 6.20. The van der Waals surface area contributed by atoms with E-state index in [9.17, 15) is 0 Å². The molecule has 3 rings (SSSR count). The monoisotopic (exact) mass is 276 g/mol. The molecular weight excluding hydrogens is 268 g/mol. The van der Waals surface area contributed by atoms with Crippen molar-refractivity contribution in [3.63, 3.8) is 0 Å². The van der Waals surface area contributed by atoms with Crippen LogP contribution in [-0.4, -0.2) is 5.16 Å². The van der Waals surface area contributed by atoms with Gasteiger partial charge in [-0.3, -0.25) is 0 Å². The summed E-state index contributed by atoms with van der Waals surface area (Å²) in [4.78, 5) is 0. The number of nitrogens with zero attached hydrogens (tertiary/aromatic N) is 1. The molecule has 5 heteroatoms. The van der Waals surface area contributed by atoms with Crippen LogP contribution in [0.25, 0.3) is 22.5 Å². The highest BCUT2D eigenvalue weighted by Crippen LogP contribution is 2.40. The number of anilines is 1. The van der Waals surface area contributed by atoms with Gasteiger partial charge in [0.1, 0.15) is 0 Å². The number of nitrogen functional groups attached to an aromatic ring is 1. The molecule has 2 N–H and O–H groups in total. The number of halogens is 1. The van der Waals surface area contributed by atoms with Crippen LogP contribution < -0.4 is 5.73 Å². The Kier molecular flexibility index (Phi) is 2.81. The Hall–Kier alpha value is -1.78. The van der Waals surface area contributed by atoms with Gasteiger partial charge in [0, 0.05) is 21.5 Å². The lowest BCUT2D eigenvalue weighted by Gasteiger charge is -2.03. The van der Waals surface area contributed by atoms with Crippen molar-refractivity contribution in [1.29, 1.82) is 0 Å². The molecule has 1 aromatic carbocycles. The van der Waals surface area contributed by atoms with Gasteiger partial charge in [-0.15, -0.1) is 0 Å². The van der Waals surface area contributed by atoms with E-state index in [0.717, 1.165) is 16.7 Å². The topological polar surface area (TPSA) is 52.0 Å². The van der Waals surface area contributed by atoms with Crippen LogP contribution in [0.4, 0.5) is 5.82 Å². The minimum absolute atomic E-state index is 0.351. The second-order valence-corrected chi connectivity index (χ2v) is 4.95. The third-order valence-corrected chi connectivity index (χ3v) is 3.66. The van der Waals surface area contributed by atoms with Gasteiger partial charge < -0.3 is 10.3 Å². The molecular formula is C13H9ClN2OS. The summed E-state index contributed by atoms with van der Waals surface area (Å²) in [5.41, 5.74) is 8.43. The summed E-state index contributed by atoms with van der Waals surface area (Å²) >= 11 is 7.79. The Morgan fingerprint density at radius 3 is 2.78 bits per heavy atom. The Morgan fingerprint density at radius 1 is 1.22 bits per heavy atom. The molecule has 2 heterocycles. The summed E-state index contributed by atoms with van der Waals surface area (Å²) in [5, 5.41) is 8.43. The fourth-order valence-corrected chi connectivity index (χ4v) is 2.68. The Balaban J connectivity index is 2.24. The van der Waals surface area contributed by atoms with E-state index in [1.165, 1.54) is 0 Å². The molecule has 0 unspecified atom stereocenters. The Bertz CT molecular complexity index is 676. The first-order chi connectivity index (χ1) is 8.77. The van der Waals surface area contributed by atoms with Crippen LogP contribution in [0.3, 0.4) is 0 Å². The van der Waals surface area contributed by atoms with Gasteiger partial charge >= 0.3 is 0 Å². The Labute approximate surface area is 113 Å². The minimum atomic E-state index is 0.351. The van der Waals surface area contributed by atoms with Crippen molar-refractivity contribution in [2.75, 3.05) is 5.73 Å². The summed E-state index contributed by atoms with van der Waals surface area (Å²) in [7, 11) is 0. The van der Waals surface area contributed by atoms with Gasteiger partial charge in [0.15, 0.2) is 11.6 Å². The smallest absolute Gasteiger partial charge is 0.177 e. The summed E-state index contributed by atoms with van der Waals surface area (Å²) in [6.07, 6.45) is 0. The van der Waals surface area contributed by atoms with E-state index < -0.39 is 0 Å². The first-order valence-electron chi connectivity index (χ1n) is 5.30. The standard InChI is InChI=1S/C13H9ClN2OS/c14-10-4-2-1-3-9(10)11-12(17-16-13(11)15)8-5-6-18-7-8/h1-7H,(H2,15,16). The van der Waals surface area contributed by atoms with Crippen LogP contribution in [-0.2, 0) is 0 Å². The van der Waals surface area contributed by atoms with E-state index in [-0.39, 0.29) is 0 Å². The van der Waals surface area contributed by atoms with Crippen LogP contribution in [0.1, 0.15) is 0 Å². The lowest BCUT2D eigenvalue weighted by molar-refractivity contribution is 0.436. The molecule has 3 aromatic rings. The van der Waals surface area contributed by atoms with Crippen LogP contribution in [0, 0.1) is 0 Å². The summed E-state index contributed by atoms with van der Waals surface area (Å²) in [5.74, 6) is 1.01. The number of rotatable bonds is 2. The molecule has 0 amide bonds. The largest absolute Gasteiger partial charge is 0.380 e. The number of hydrogen-bond donors (Lipinski definition) is 1. The minimum Gasteiger partial charge on any atom is -0.380 e. The van der Waals surface area contributed by atoms with Gasteiger partial charge in [0.05, 0.1) is 5.56 Å². The molecule has 18 heavy (non-hydrogen) atoms. The van der Waals surface area contributed by atoms with Gasteiger partial charge in [0.25, 0.3) is 0 Å². The van der Waals surface area contributed by atoms with Crippen LogP contribution in [0.5, 0.6) is 0 Å².